The van der Waals surface area contributed by atoms with Gasteiger partial charge in [0.25, 0.3) is 0 Å². The summed E-state index contributed by atoms with van der Waals surface area (Å²) in [5.41, 5.74) is 0.809. The van der Waals surface area contributed by atoms with Crippen LogP contribution in [0.25, 0.3) is 10.8 Å². The lowest BCUT2D eigenvalue weighted by molar-refractivity contribution is 0.102. The molecule has 0 bridgehead atoms. The second-order valence-electron chi connectivity index (χ2n) is 4.53. The van der Waals surface area contributed by atoms with E-state index in [-0.39, 0.29) is 5.78 Å². The number of carbonyl (C=O) groups is 1. The molecule has 0 N–H and O–H groups in total. The third kappa shape index (κ3) is 3.33. The number of halogens is 1. The van der Waals surface area contributed by atoms with E-state index in [4.69, 9.17) is 0 Å². The van der Waals surface area contributed by atoms with Crippen molar-refractivity contribution >= 4 is 39.8 Å². The molecule has 0 saturated carbocycles. The maximum absolute atomic E-state index is 12.1. The van der Waals surface area contributed by atoms with Gasteiger partial charge in [-0.25, -0.2) is 0 Å². The SMILES string of the molecule is CS(C)(Br)CC(=O)c1ccc2ccccc2c1. The molecule has 0 heterocycles. The summed E-state index contributed by atoms with van der Waals surface area (Å²) in [7, 11) is -0.962. The van der Waals surface area contributed by atoms with Gasteiger partial charge in [0, 0.05) is 11.3 Å². The lowest BCUT2D eigenvalue weighted by Gasteiger charge is -2.21. The third-order valence-corrected chi connectivity index (χ3v) is 4.18. The Hall–Kier alpha value is -0.800. The highest BCUT2D eigenvalue weighted by molar-refractivity contribution is 9.58. The minimum absolute atomic E-state index is 0.215. The number of benzene rings is 2. The van der Waals surface area contributed by atoms with Gasteiger partial charge in [0.15, 0.2) is 5.78 Å². The maximum Gasteiger partial charge on any atom is 0.171 e. The Morgan fingerprint density at radius 2 is 1.76 bits per heavy atom. The summed E-state index contributed by atoms with van der Waals surface area (Å²) in [5, 5.41) is 2.30. The van der Waals surface area contributed by atoms with Crippen LogP contribution >= 0.6 is 23.3 Å². The van der Waals surface area contributed by atoms with E-state index in [1.165, 1.54) is 5.39 Å². The van der Waals surface area contributed by atoms with Crippen LogP contribution in [-0.2, 0) is 0 Å². The molecule has 0 unspecified atom stereocenters. The average Bonchev–Trinajstić information content (AvgIpc) is 2.26. The van der Waals surface area contributed by atoms with Gasteiger partial charge in [-0.3, -0.25) is 4.79 Å². The molecule has 0 radical (unpaired) electrons. The van der Waals surface area contributed by atoms with Crippen molar-refractivity contribution in [2.75, 3.05) is 18.3 Å². The van der Waals surface area contributed by atoms with Crippen LogP contribution in [0.3, 0.4) is 0 Å². The van der Waals surface area contributed by atoms with Gasteiger partial charge in [-0.15, -0.1) is 0 Å². The molecule has 1 nitrogen and oxygen atoms in total. The first-order valence-electron chi connectivity index (χ1n) is 5.38. The second kappa shape index (κ2) is 4.83. The van der Waals surface area contributed by atoms with Crippen molar-refractivity contribution in [2.24, 2.45) is 0 Å². The molecule has 0 aliphatic heterocycles. The fourth-order valence-corrected chi connectivity index (χ4v) is 3.17. The molecule has 0 aromatic heterocycles. The van der Waals surface area contributed by atoms with Crippen molar-refractivity contribution in [3.8, 4) is 0 Å². The quantitative estimate of drug-likeness (QED) is 0.768. The number of hydrogen-bond acceptors (Lipinski definition) is 1. The Morgan fingerprint density at radius 3 is 2.41 bits per heavy atom. The highest BCUT2D eigenvalue weighted by atomic mass is 79.9. The van der Waals surface area contributed by atoms with Crippen molar-refractivity contribution in [3.63, 3.8) is 0 Å². The zero-order valence-electron chi connectivity index (χ0n) is 9.94. The van der Waals surface area contributed by atoms with Crippen molar-refractivity contribution in [3.05, 3.63) is 48.0 Å². The zero-order chi connectivity index (χ0) is 12.5. The van der Waals surface area contributed by atoms with E-state index in [9.17, 15) is 4.79 Å². The predicted octanol–water partition coefficient (Wildman–Crippen LogP) is 4.40. The van der Waals surface area contributed by atoms with Crippen molar-refractivity contribution in [1.29, 1.82) is 0 Å². The number of rotatable bonds is 3. The van der Waals surface area contributed by atoms with Crippen molar-refractivity contribution < 1.29 is 4.79 Å². The molecule has 0 atom stereocenters. The monoisotopic (exact) mass is 310 g/mol. The van der Waals surface area contributed by atoms with Crippen LogP contribution in [0, 0.1) is 0 Å². The minimum atomic E-state index is -0.962. The molecular weight excluding hydrogens is 296 g/mol. The topological polar surface area (TPSA) is 17.1 Å². The van der Waals surface area contributed by atoms with E-state index >= 15 is 0 Å². The molecule has 0 spiro atoms. The van der Waals surface area contributed by atoms with Gasteiger partial charge < -0.3 is 0 Å². The summed E-state index contributed by atoms with van der Waals surface area (Å²) in [6.45, 7) is 0. The molecule has 0 aliphatic carbocycles. The van der Waals surface area contributed by atoms with Gasteiger partial charge in [0.2, 0.25) is 0 Å². The second-order valence-corrected chi connectivity index (χ2v) is 12.9. The van der Waals surface area contributed by atoms with E-state index in [2.05, 4.69) is 33.4 Å². The average molecular weight is 311 g/mol. The summed E-state index contributed by atoms with van der Waals surface area (Å²) >= 11 is 3.59. The fraction of sp³-hybridized carbons (Fsp3) is 0.214. The first-order valence-corrected chi connectivity index (χ1v) is 9.84. The van der Waals surface area contributed by atoms with E-state index in [0.29, 0.717) is 5.75 Å². The molecule has 0 aliphatic rings. The van der Waals surface area contributed by atoms with Crippen molar-refractivity contribution in [2.45, 2.75) is 0 Å². The van der Waals surface area contributed by atoms with Gasteiger partial charge in [0.05, 0.1) is 0 Å². The summed E-state index contributed by atoms with van der Waals surface area (Å²) < 4.78 is 0. The molecule has 90 valence electrons. The molecule has 2 aromatic rings. The van der Waals surface area contributed by atoms with Crippen LogP contribution < -0.4 is 0 Å². The molecular formula is C14H15BrOS. The lowest BCUT2D eigenvalue weighted by Crippen LogP contribution is -2.08. The van der Waals surface area contributed by atoms with Gasteiger partial charge in [-0.2, -0.15) is 8.46 Å². The predicted molar refractivity (Wildman–Crippen MR) is 81.5 cm³/mol. The number of hydrogen-bond donors (Lipinski definition) is 0. The Bertz CT molecular complexity index is 557. The Balaban J connectivity index is 2.33. The molecule has 2 aromatic carbocycles. The molecule has 0 amide bonds. The first kappa shape index (κ1) is 12.7. The molecule has 0 fully saturated rings. The van der Waals surface area contributed by atoms with E-state index in [1.54, 1.807) is 0 Å². The van der Waals surface area contributed by atoms with Crippen LogP contribution in [-0.4, -0.2) is 24.0 Å². The number of ketones is 1. The van der Waals surface area contributed by atoms with Gasteiger partial charge in [-0.05, 0) is 44.2 Å². The lowest BCUT2D eigenvalue weighted by atomic mass is 10.1. The Kier molecular flexibility index (Phi) is 3.59. The number of Topliss-reactive ketones (excluding diaryl/α,β-unsaturated/α-hetero) is 1. The largest absolute Gasteiger partial charge is 0.293 e. The van der Waals surface area contributed by atoms with Gasteiger partial charge >= 0.3 is 0 Å². The maximum atomic E-state index is 12.1. The summed E-state index contributed by atoms with van der Waals surface area (Å²) in [6, 6.07) is 14.0. The Labute approximate surface area is 111 Å². The minimum Gasteiger partial charge on any atom is -0.293 e. The highest BCUT2D eigenvalue weighted by Crippen LogP contribution is 2.48. The molecule has 0 saturated heterocycles. The first-order chi connectivity index (χ1) is 7.96. The fourth-order valence-electron chi connectivity index (χ4n) is 1.76. The molecule has 3 heteroatoms. The van der Waals surface area contributed by atoms with E-state index in [1.807, 2.05) is 36.4 Å². The van der Waals surface area contributed by atoms with Crippen LogP contribution in [0.1, 0.15) is 10.4 Å². The van der Waals surface area contributed by atoms with Crippen LogP contribution in [0.15, 0.2) is 42.5 Å². The number of fused-ring (bicyclic) bond motifs is 1. The summed E-state index contributed by atoms with van der Waals surface area (Å²) in [4.78, 5) is 12.1. The van der Waals surface area contributed by atoms with Crippen LogP contribution in [0.4, 0.5) is 0 Å². The normalized spacial score (nSPS) is 12.6. The standard InChI is InChI=1S/C14H15BrOS/c1-17(2,15)10-14(16)13-8-7-11-5-3-4-6-12(11)9-13/h3-9H,10H2,1-2H3. The van der Waals surface area contributed by atoms with Gasteiger partial charge in [0.1, 0.15) is 0 Å². The van der Waals surface area contributed by atoms with Crippen LogP contribution in [0.2, 0.25) is 0 Å². The molecule has 17 heavy (non-hydrogen) atoms. The third-order valence-electron chi connectivity index (χ3n) is 2.55. The Morgan fingerprint density at radius 1 is 1.12 bits per heavy atom. The van der Waals surface area contributed by atoms with E-state index in [0.717, 1.165) is 10.9 Å². The highest BCUT2D eigenvalue weighted by Gasteiger charge is 2.14. The van der Waals surface area contributed by atoms with Crippen molar-refractivity contribution in [1.82, 2.24) is 0 Å². The van der Waals surface area contributed by atoms with Crippen LogP contribution in [0.5, 0.6) is 0 Å². The summed E-state index contributed by atoms with van der Waals surface area (Å²) in [5.74, 6) is 0.804. The zero-order valence-corrected chi connectivity index (χ0v) is 12.3. The van der Waals surface area contributed by atoms with Gasteiger partial charge in [-0.1, -0.05) is 36.4 Å². The van der Waals surface area contributed by atoms with E-state index < -0.39 is 8.46 Å². The summed E-state index contributed by atoms with van der Waals surface area (Å²) in [6.07, 6.45) is 4.18. The molecule has 2 rings (SSSR count). The number of carbonyl (C=O) groups excluding carboxylic acids is 1. The smallest absolute Gasteiger partial charge is 0.171 e.